The van der Waals surface area contributed by atoms with Crippen molar-refractivity contribution in [2.24, 2.45) is 0 Å². The molecule has 114 heavy (non-hydrogen) atoms. The summed E-state index contributed by atoms with van der Waals surface area (Å²) in [5.74, 6) is -5.76. The van der Waals surface area contributed by atoms with Crippen molar-refractivity contribution < 1.29 is 70.5 Å². The number of anilines is 4. The monoisotopic (exact) mass is 1720 g/mol. The van der Waals surface area contributed by atoms with Crippen molar-refractivity contribution in [1.29, 1.82) is 0 Å². The number of alkyl halides is 6. The SMILES string of the molecule is C.C.CC(C)(C)OC(=O)N1CCc2c(sc(N)c2-c2nc3ccccc3s2)C1.CCNc1sc2c(c1-c1nc3ccccc3s1)CCN(C(=O)OC(C)(C)C)C2.CCNc1sc2c(c1-c1nc3ccccc3s1)CCN(CC)C2.CCNc1sc2c(c1-c1nc3ccccc3s1)CC[NH2+]C2.O=C(O)C(F)(F)F.O=C([O-])C(F)(F)F. The number of thiophene rings is 4. The highest BCUT2D eigenvalue weighted by Crippen LogP contribution is 2.50. The van der Waals surface area contributed by atoms with Crippen LogP contribution in [0.15, 0.2) is 97.1 Å². The first kappa shape index (κ1) is 89.4. The van der Waals surface area contributed by atoms with E-state index in [1.54, 1.807) is 50.2 Å². The molecule has 12 heterocycles. The van der Waals surface area contributed by atoms with Crippen LogP contribution in [0.25, 0.3) is 83.2 Å². The largest absolute Gasteiger partial charge is 0.542 e. The third-order valence-corrected chi connectivity index (χ3v) is 26.4. The zero-order chi connectivity index (χ0) is 80.6. The molecule has 4 aliphatic heterocycles. The average Bonchev–Trinajstić information content (AvgIpc) is 1.63. The van der Waals surface area contributed by atoms with Gasteiger partial charge in [0.25, 0.3) is 0 Å². The Kier molecular flexibility index (Phi) is 30.1. The molecule has 4 aromatic carbocycles. The fraction of sp³-hybridized carbons (Fsp3) is 0.400. The van der Waals surface area contributed by atoms with Crippen molar-refractivity contribution in [3.63, 3.8) is 0 Å². The van der Waals surface area contributed by atoms with Gasteiger partial charge < -0.3 is 61.3 Å². The number of nitrogens with two attached hydrogens (primary N) is 2. The molecule has 2 amide bonds. The van der Waals surface area contributed by atoms with Gasteiger partial charge in [0.15, 0.2) is 0 Å². The smallest absolute Gasteiger partial charge is 0.490 e. The maximum absolute atomic E-state index is 12.5. The van der Waals surface area contributed by atoms with Crippen LogP contribution >= 0.6 is 90.7 Å². The number of nitrogen functional groups attached to an aromatic ring is 1. The van der Waals surface area contributed by atoms with Crippen LogP contribution in [-0.2, 0) is 70.9 Å². The van der Waals surface area contributed by atoms with Crippen LogP contribution in [0, 0.1) is 0 Å². The number of carboxylic acids is 2. The third-order valence-electron chi connectivity index (χ3n) is 17.6. The van der Waals surface area contributed by atoms with Crippen LogP contribution in [0.4, 0.5) is 55.9 Å². The molecule has 12 aromatic rings. The Morgan fingerprint density at radius 1 is 0.482 bits per heavy atom. The Hall–Kier alpha value is -8.58. The number of para-hydroxylation sites is 4. The molecule has 8 N–H and O–H groups in total. The summed E-state index contributed by atoms with van der Waals surface area (Å²) < 4.78 is 79.3. The van der Waals surface area contributed by atoms with E-state index in [-0.39, 0.29) is 27.0 Å². The molecule has 4 aliphatic rings. The Bertz CT molecular complexity index is 5160. The van der Waals surface area contributed by atoms with E-state index in [1.807, 2.05) is 116 Å². The number of hydrogen-bond donors (Lipinski definition) is 6. The highest BCUT2D eigenvalue weighted by Gasteiger charge is 2.39. The molecule has 0 spiro atoms. The molecule has 0 atom stereocenters. The lowest BCUT2D eigenvalue weighted by atomic mass is 10.0. The van der Waals surface area contributed by atoms with Crippen molar-refractivity contribution in [3.8, 4) is 42.3 Å². The van der Waals surface area contributed by atoms with Crippen LogP contribution in [0.1, 0.15) is 126 Å². The fourth-order valence-corrected chi connectivity index (χ4v) is 22.2. The standard InChI is InChI=1S/C21H25N3O2S2.C19H21N3O2S2.C18H21N3S2.C16H17N3S2.2C2HF3O2.2CH4/c1-5-22-18-17(19-23-14-8-6-7-9-15(14)27-19)13-10-11-24(12-16(13)28-18)20(25)26-21(2,3)4;1-19(2,3)24-18(23)22-9-8-11-14(10-22)25-16(20)15(11)17-21-12-6-4-5-7-13(12)26-17;1-3-19-17-16(12-9-10-21(4-2)11-15(12)23-17)18-20-13-7-5-6-8-14(13)22-18;1-2-18-15-14(10-7-8-17-9-13(10)21-15)16-19-11-5-3-4-6-12(11)20-16;2*3-2(4,5)1(6)7;;/h6-9,22H,5,10-12H2,1-4H3;4-7H,8-10,20H2,1-3H3;5-8,19H,3-4,9-11H2,1-2H3;3-6,17-18H,2,7-9H2,1H3;2*(H,6,7);2*1H4. The summed E-state index contributed by atoms with van der Waals surface area (Å²) in [7, 11) is 0. The van der Waals surface area contributed by atoms with Gasteiger partial charge >= 0.3 is 30.5 Å². The van der Waals surface area contributed by atoms with Gasteiger partial charge in [-0.2, -0.15) is 26.3 Å². The number of carbonyl (C=O) groups excluding carboxylic acids is 3. The quantitative estimate of drug-likeness (QED) is 0.0657. The van der Waals surface area contributed by atoms with Crippen LogP contribution in [0.5, 0.6) is 0 Å². The number of likely N-dealkylation sites (N-methyl/N-ethyl adjacent to an activating group) is 1. The Balaban J connectivity index is 0.000000164. The second kappa shape index (κ2) is 38.5. The molecule has 0 unspecified atom stereocenters. The number of amides is 2. The number of carboxylic acid groups (broad SMARTS) is 2. The Morgan fingerprint density at radius 3 is 1.13 bits per heavy atom. The third kappa shape index (κ3) is 21.9. The zero-order valence-corrected chi connectivity index (χ0v) is 69.7. The number of halogens is 6. The Morgan fingerprint density at radius 2 is 0.798 bits per heavy atom. The van der Waals surface area contributed by atoms with E-state index in [4.69, 9.17) is 54.9 Å². The van der Waals surface area contributed by atoms with Crippen molar-refractivity contribution in [2.75, 3.05) is 74.0 Å². The van der Waals surface area contributed by atoms with Crippen LogP contribution in [0.2, 0.25) is 0 Å². The molecule has 0 saturated carbocycles. The summed E-state index contributed by atoms with van der Waals surface area (Å²) in [4.78, 5) is 73.5. The molecule has 34 heteroatoms. The van der Waals surface area contributed by atoms with Gasteiger partial charge in [-0.1, -0.05) is 70.3 Å². The van der Waals surface area contributed by atoms with Gasteiger partial charge in [-0.3, -0.25) is 4.90 Å². The molecular formula is C80H94F6N12O8S8. The van der Waals surface area contributed by atoms with Gasteiger partial charge in [0.05, 0.1) is 85.4 Å². The number of aliphatic carboxylic acids is 2. The molecule has 8 aromatic heterocycles. The summed E-state index contributed by atoms with van der Waals surface area (Å²) in [6, 6.07) is 33.2. The summed E-state index contributed by atoms with van der Waals surface area (Å²) in [6.45, 7) is 30.9. The second-order valence-electron chi connectivity index (χ2n) is 27.9. The molecular weight excluding hydrogens is 1630 g/mol. The van der Waals surface area contributed by atoms with Gasteiger partial charge in [0.1, 0.15) is 43.7 Å². The number of benzene rings is 4. The maximum Gasteiger partial charge on any atom is 0.490 e. The summed E-state index contributed by atoms with van der Waals surface area (Å²) in [5.41, 5.74) is 20.2. The number of rotatable bonds is 11. The minimum atomic E-state index is -5.19. The number of aromatic nitrogens is 4. The van der Waals surface area contributed by atoms with E-state index >= 15 is 0 Å². The molecule has 0 radical (unpaired) electrons. The number of ether oxygens (including phenoxy) is 2. The lowest BCUT2D eigenvalue weighted by molar-refractivity contribution is -0.672. The summed E-state index contributed by atoms with van der Waals surface area (Å²) in [6.07, 6.45) is -6.90. The van der Waals surface area contributed by atoms with E-state index in [2.05, 4.69) is 127 Å². The average molecular weight is 1720 g/mol. The van der Waals surface area contributed by atoms with Gasteiger partial charge in [-0.15, -0.1) is 90.7 Å². The number of thiazole rings is 4. The predicted molar refractivity (Wildman–Crippen MR) is 456 cm³/mol. The highest BCUT2D eigenvalue weighted by molar-refractivity contribution is 7.24. The lowest BCUT2D eigenvalue weighted by Crippen LogP contribution is -2.84. The lowest BCUT2D eigenvalue weighted by Gasteiger charge is -2.30. The van der Waals surface area contributed by atoms with E-state index in [0.29, 0.717) is 26.2 Å². The van der Waals surface area contributed by atoms with Gasteiger partial charge in [-0.05, 0) is 159 Å². The van der Waals surface area contributed by atoms with Gasteiger partial charge in [0.2, 0.25) is 0 Å². The van der Waals surface area contributed by atoms with Gasteiger partial charge in [0, 0.05) is 89.1 Å². The topological polar surface area (TPSA) is 270 Å². The van der Waals surface area contributed by atoms with E-state index in [0.717, 1.165) is 129 Å². The number of hydrogen-bond acceptors (Lipinski definition) is 24. The number of fused-ring (bicyclic) bond motifs is 8. The fourth-order valence-electron chi connectivity index (χ4n) is 12.6. The van der Waals surface area contributed by atoms with Crippen LogP contribution in [0.3, 0.4) is 0 Å². The van der Waals surface area contributed by atoms with E-state index < -0.39 is 35.5 Å². The van der Waals surface area contributed by atoms with Crippen molar-refractivity contribution >= 4 is 176 Å². The molecule has 0 bridgehead atoms. The van der Waals surface area contributed by atoms with E-state index in [1.165, 1.54) is 94.2 Å². The molecule has 0 saturated heterocycles. The summed E-state index contributed by atoms with van der Waals surface area (Å²) in [5, 5.41) is 37.8. The first-order valence-electron chi connectivity index (χ1n) is 36.3. The van der Waals surface area contributed by atoms with Crippen molar-refractivity contribution in [1.82, 2.24) is 34.6 Å². The van der Waals surface area contributed by atoms with Crippen LogP contribution < -0.4 is 32.1 Å². The summed E-state index contributed by atoms with van der Waals surface area (Å²) >= 11 is 14.2. The molecule has 612 valence electrons. The molecule has 20 nitrogen and oxygen atoms in total. The number of nitrogens with one attached hydrogen (secondary N) is 3. The zero-order valence-electron chi connectivity index (χ0n) is 63.2. The first-order valence-corrected chi connectivity index (χ1v) is 42.8. The molecule has 0 fully saturated rings. The number of quaternary nitrogens is 1. The predicted octanol–water partition coefficient (Wildman–Crippen LogP) is 19.8. The second-order valence-corrected chi connectivity index (χ2v) is 36.5. The normalized spacial score (nSPS) is 13.9. The van der Waals surface area contributed by atoms with Crippen molar-refractivity contribution in [3.05, 3.63) is 139 Å². The van der Waals surface area contributed by atoms with E-state index in [9.17, 15) is 35.9 Å². The minimum Gasteiger partial charge on any atom is -0.542 e. The number of carbonyl (C=O) groups is 4. The Labute approximate surface area is 690 Å². The molecule has 0 aliphatic carbocycles. The minimum absolute atomic E-state index is 0. The maximum atomic E-state index is 12.5. The highest BCUT2D eigenvalue weighted by atomic mass is 32.1. The van der Waals surface area contributed by atoms with Crippen LogP contribution in [-0.4, -0.2) is 140 Å². The van der Waals surface area contributed by atoms with Gasteiger partial charge in [-0.25, -0.2) is 34.3 Å². The first-order chi connectivity index (χ1) is 53.2. The van der Waals surface area contributed by atoms with Crippen molar-refractivity contribution in [2.45, 2.75) is 160 Å². The molecule has 16 rings (SSSR count). The number of nitrogens with zero attached hydrogens (tertiary/aromatic N) is 7.